The van der Waals surface area contributed by atoms with E-state index < -0.39 is 27.2 Å². The zero-order valence-corrected chi connectivity index (χ0v) is 14.4. The van der Waals surface area contributed by atoms with E-state index in [1.807, 2.05) is 20.8 Å². The molecular formula is C17H20N2O6. The molecular weight excluding hydrogens is 328 g/mol. The van der Waals surface area contributed by atoms with Crippen molar-refractivity contribution in [3.63, 3.8) is 0 Å². The van der Waals surface area contributed by atoms with Crippen molar-refractivity contribution in [3.05, 3.63) is 67.3 Å². The fourth-order valence-electron chi connectivity index (χ4n) is 1.96. The fourth-order valence-corrected chi connectivity index (χ4v) is 1.96. The van der Waals surface area contributed by atoms with Crippen LogP contribution in [0.1, 0.15) is 44.0 Å². The van der Waals surface area contributed by atoms with E-state index in [2.05, 4.69) is 6.08 Å². The van der Waals surface area contributed by atoms with Crippen LogP contribution in [0.2, 0.25) is 0 Å². The Morgan fingerprint density at radius 2 is 1.60 bits per heavy atom. The number of benzene rings is 1. The Morgan fingerprint density at radius 3 is 2.08 bits per heavy atom. The number of carbonyl (C=O) groups excluding carboxylic acids is 1. The molecule has 0 heterocycles. The number of nitro groups is 2. The maximum atomic E-state index is 12.0. The molecule has 8 nitrogen and oxygen atoms in total. The second-order valence-corrected chi connectivity index (χ2v) is 5.72. The number of ether oxygens (including phenoxy) is 1. The summed E-state index contributed by atoms with van der Waals surface area (Å²) in [5, 5.41) is 21.6. The van der Waals surface area contributed by atoms with E-state index in [1.165, 1.54) is 5.57 Å². The molecule has 0 unspecified atom stereocenters. The third-order valence-corrected chi connectivity index (χ3v) is 3.30. The summed E-state index contributed by atoms with van der Waals surface area (Å²) in [7, 11) is 0. The molecule has 0 saturated carbocycles. The number of hydrogen-bond acceptors (Lipinski definition) is 6. The SMILES string of the molecule is CC(C)=CCC/C(C)=C/COC(=O)c1cc([N+](=O)[O-])cc([N+](=O)[O-])c1. The minimum absolute atomic E-state index is 0.00399. The maximum absolute atomic E-state index is 12.0. The summed E-state index contributed by atoms with van der Waals surface area (Å²) >= 11 is 0. The summed E-state index contributed by atoms with van der Waals surface area (Å²) < 4.78 is 5.02. The Hall–Kier alpha value is -3.03. The molecule has 0 bridgehead atoms. The normalized spacial score (nSPS) is 10.9. The van der Waals surface area contributed by atoms with Crippen LogP contribution in [0.3, 0.4) is 0 Å². The number of nitrogens with zero attached hydrogens (tertiary/aromatic N) is 2. The van der Waals surface area contributed by atoms with E-state index >= 15 is 0 Å². The molecule has 1 aromatic rings. The maximum Gasteiger partial charge on any atom is 0.338 e. The highest BCUT2D eigenvalue weighted by atomic mass is 16.6. The van der Waals surface area contributed by atoms with E-state index in [1.54, 1.807) is 6.08 Å². The van der Waals surface area contributed by atoms with Crippen LogP contribution < -0.4 is 0 Å². The first-order valence-corrected chi connectivity index (χ1v) is 7.60. The molecule has 0 saturated heterocycles. The van der Waals surface area contributed by atoms with Gasteiger partial charge in [-0.1, -0.05) is 17.2 Å². The van der Waals surface area contributed by atoms with Crippen LogP contribution in [0, 0.1) is 20.2 Å². The first-order valence-electron chi connectivity index (χ1n) is 7.60. The number of hydrogen-bond donors (Lipinski definition) is 0. The molecule has 134 valence electrons. The first-order chi connectivity index (χ1) is 11.7. The van der Waals surface area contributed by atoms with Crippen molar-refractivity contribution >= 4 is 17.3 Å². The standard InChI is InChI=1S/C17H20N2O6/c1-12(2)5-4-6-13(3)7-8-25-17(20)14-9-15(18(21)22)11-16(10-14)19(23)24/h5,7,9-11H,4,6,8H2,1-3H3/b13-7+. The zero-order chi connectivity index (χ0) is 19.0. The van der Waals surface area contributed by atoms with Crippen molar-refractivity contribution in [3.8, 4) is 0 Å². The van der Waals surface area contributed by atoms with Crippen molar-refractivity contribution in [2.45, 2.75) is 33.6 Å². The third-order valence-electron chi connectivity index (χ3n) is 3.30. The van der Waals surface area contributed by atoms with Crippen LogP contribution in [-0.4, -0.2) is 22.4 Å². The summed E-state index contributed by atoms with van der Waals surface area (Å²) in [4.78, 5) is 32.0. The number of non-ortho nitro benzene ring substituents is 2. The molecule has 0 atom stereocenters. The molecule has 0 aliphatic rings. The van der Waals surface area contributed by atoms with Gasteiger partial charge in [-0.25, -0.2) is 4.79 Å². The second kappa shape index (κ2) is 9.31. The first kappa shape index (κ1) is 20.0. The van der Waals surface area contributed by atoms with Gasteiger partial charge < -0.3 is 4.74 Å². The van der Waals surface area contributed by atoms with Gasteiger partial charge in [0.05, 0.1) is 21.5 Å². The van der Waals surface area contributed by atoms with E-state index in [4.69, 9.17) is 4.74 Å². The van der Waals surface area contributed by atoms with Gasteiger partial charge in [-0.3, -0.25) is 20.2 Å². The summed E-state index contributed by atoms with van der Waals surface area (Å²) in [6.45, 7) is 5.93. The Kier molecular flexibility index (Phi) is 7.45. The number of rotatable bonds is 8. The third kappa shape index (κ3) is 6.94. The summed E-state index contributed by atoms with van der Waals surface area (Å²) in [6, 6.07) is 2.71. The minimum atomic E-state index is -0.847. The largest absolute Gasteiger partial charge is 0.458 e. The highest BCUT2D eigenvalue weighted by Gasteiger charge is 2.20. The summed E-state index contributed by atoms with van der Waals surface area (Å²) in [5.74, 6) is -0.847. The zero-order valence-electron chi connectivity index (χ0n) is 14.4. The van der Waals surface area contributed by atoms with Gasteiger partial charge in [-0.05, 0) is 39.7 Å². The molecule has 0 radical (unpaired) electrons. The number of carbonyl (C=O) groups is 1. The lowest BCUT2D eigenvalue weighted by atomic mass is 10.1. The molecule has 25 heavy (non-hydrogen) atoms. The smallest absolute Gasteiger partial charge is 0.338 e. The topological polar surface area (TPSA) is 113 Å². The Labute approximate surface area is 145 Å². The van der Waals surface area contributed by atoms with Crippen LogP contribution in [0.4, 0.5) is 11.4 Å². The predicted octanol–water partition coefficient (Wildman–Crippen LogP) is 4.35. The molecule has 0 aliphatic carbocycles. The molecule has 0 fully saturated rings. The van der Waals surface area contributed by atoms with Crippen LogP contribution in [0.15, 0.2) is 41.5 Å². The Bertz CT molecular complexity index is 700. The molecule has 0 amide bonds. The summed E-state index contributed by atoms with van der Waals surface area (Å²) in [6.07, 6.45) is 5.55. The van der Waals surface area contributed by atoms with Gasteiger partial charge in [0.1, 0.15) is 6.61 Å². The van der Waals surface area contributed by atoms with E-state index in [9.17, 15) is 25.0 Å². The average molecular weight is 348 g/mol. The van der Waals surface area contributed by atoms with Crippen LogP contribution in [0.5, 0.6) is 0 Å². The van der Waals surface area contributed by atoms with Crippen LogP contribution >= 0.6 is 0 Å². The average Bonchev–Trinajstić information content (AvgIpc) is 2.53. The lowest BCUT2D eigenvalue weighted by molar-refractivity contribution is -0.394. The molecule has 0 aliphatic heterocycles. The lowest BCUT2D eigenvalue weighted by Gasteiger charge is -2.04. The number of esters is 1. The molecule has 1 aromatic carbocycles. The quantitative estimate of drug-likeness (QED) is 0.299. The summed E-state index contributed by atoms with van der Waals surface area (Å²) in [5.41, 5.74) is 0.975. The molecule has 0 N–H and O–H groups in total. The van der Waals surface area contributed by atoms with Gasteiger partial charge in [-0.2, -0.15) is 0 Å². The molecule has 0 aromatic heterocycles. The van der Waals surface area contributed by atoms with Gasteiger partial charge >= 0.3 is 5.97 Å². The van der Waals surface area contributed by atoms with Crippen molar-refractivity contribution in [2.24, 2.45) is 0 Å². The Morgan fingerprint density at radius 1 is 1.04 bits per heavy atom. The fraction of sp³-hybridized carbons (Fsp3) is 0.353. The van der Waals surface area contributed by atoms with Crippen molar-refractivity contribution in [2.75, 3.05) is 6.61 Å². The Balaban J connectivity index is 2.75. The molecule has 0 spiro atoms. The molecule has 1 rings (SSSR count). The highest BCUT2D eigenvalue weighted by Crippen LogP contribution is 2.23. The minimum Gasteiger partial charge on any atom is -0.458 e. The van der Waals surface area contributed by atoms with Gasteiger partial charge in [0.15, 0.2) is 0 Å². The van der Waals surface area contributed by atoms with Crippen molar-refractivity contribution in [1.29, 1.82) is 0 Å². The van der Waals surface area contributed by atoms with Gasteiger partial charge in [0.25, 0.3) is 11.4 Å². The van der Waals surface area contributed by atoms with Crippen LogP contribution in [-0.2, 0) is 4.74 Å². The number of allylic oxidation sites excluding steroid dienone is 3. The van der Waals surface area contributed by atoms with E-state index in [-0.39, 0.29) is 12.2 Å². The van der Waals surface area contributed by atoms with Gasteiger partial charge in [-0.15, -0.1) is 0 Å². The second-order valence-electron chi connectivity index (χ2n) is 5.72. The number of nitro benzene ring substituents is 2. The van der Waals surface area contributed by atoms with E-state index in [0.29, 0.717) is 0 Å². The van der Waals surface area contributed by atoms with E-state index in [0.717, 1.165) is 36.6 Å². The van der Waals surface area contributed by atoms with Crippen LogP contribution in [0.25, 0.3) is 0 Å². The van der Waals surface area contributed by atoms with Crippen molar-refractivity contribution in [1.82, 2.24) is 0 Å². The van der Waals surface area contributed by atoms with Gasteiger partial charge in [0, 0.05) is 12.1 Å². The van der Waals surface area contributed by atoms with Gasteiger partial charge in [0.2, 0.25) is 0 Å². The highest BCUT2D eigenvalue weighted by molar-refractivity contribution is 5.91. The monoisotopic (exact) mass is 348 g/mol. The molecule has 8 heteroatoms. The van der Waals surface area contributed by atoms with Crippen molar-refractivity contribution < 1.29 is 19.4 Å². The lowest BCUT2D eigenvalue weighted by Crippen LogP contribution is -2.07. The predicted molar refractivity (Wildman–Crippen MR) is 92.5 cm³/mol.